The van der Waals surface area contributed by atoms with Crippen molar-refractivity contribution in [3.05, 3.63) is 65.9 Å². The zero-order valence-corrected chi connectivity index (χ0v) is 15.0. The van der Waals surface area contributed by atoms with E-state index in [1.165, 1.54) is 18.2 Å². The van der Waals surface area contributed by atoms with Crippen LogP contribution in [0, 0.1) is 18.3 Å². The van der Waals surface area contributed by atoms with Crippen LogP contribution in [0.25, 0.3) is 11.1 Å². The van der Waals surface area contributed by atoms with Gasteiger partial charge in [-0.25, -0.2) is 4.98 Å². The minimum Gasteiger partial charge on any atom is -0.506 e. The standard InChI is InChI=1S/C19H15N3O4S/c1-12-9-15(27(24,25)26)10-18(21-12)22-19-16(3-2-4-17(19)23)14-7-5-13(11-20)6-8-14/h2-10,23H,1H3,(H,21,22)(H,24,25,26). The number of hydrogen-bond acceptors (Lipinski definition) is 6. The molecule has 3 rings (SSSR count). The molecule has 0 aliphatic carbocycles. The van der Waals surface area contributed by atoms with E-state index < -0.39 is 10.1 Å². The number of anilines is 2. The van der Waals surface area contributed by atoms with E-state index >= 15 is 0 Å². The molecule has 0 bridgehead atoms. The molecular weight excluding hydrogens is 366 g/mol. The molecule has 0 unspecified atom stereocenters. The van der Waals surface area contributed by atoms with Gasteiger partial charge in [0.2, 0.25) is 0 Å². The van der Waals surface area contributed by atoms with E-state index in [1.54, 1.807) is 43.3 Å². The molecule has 0 saturated heterocycles. The fourth-order valence-corrected chi connectivity index (χ4v) is 3.19. The summed E-state index contributed by atoms with van der Waals surface area (Å²) >= 11 is 0. The Balaban J connectivity index is 2.08. The Morgan fingerprint density at radius 1 is 1.11 bits per heavy atom. The van der Waals surface area contributed by atoms with Gasteiger partial charge in [0.25, 0.3) is 10.1 Å². The molecule has 1 aromatic heterocycles. The molecule has 0 radical (unpaired) electrons. The van der Waals surface area contributed by atoms with E-state index in [0.717, 1.165) is 5.56 Å². The second-order valence-electron chi connectivity index (χ2n) is 5.82. The molecule has 1 heterocycles. The van der Waals surface area contributed by atoms with Crippen molar-refractivity contribution in [1.82, 2.24) is 4.98 Å². The van der Waals surface area contributed by atoms with Crippen LogP contribution in [0.15, 0.2) is 59.5 Å². The van der Waals surface area contributed by atoms with Gasteiger partial charge in [0.1, 0.15) is 11.6 Å². The van der Waals surface area contributed by atoms with Crippen LogP contribution in [0.4, 0.5) is 11.5 Å². The van der Waals surface area contributed by atoms with Gasteiger partial charge in [-0.15, -0.1) is 0 Å². The fraction of sp³-hybridized carbons (Fsp3) is 0.0526. The molecule has 0 aliphatic rings. The molecule has 2 aromatic carbocycles. The average Bonchev–Trinajstić information content (AvgIpc) is 2.62. The molecule has 0 fully saturated rings. The van der Waals surface area contributed by atoms with Crippen molar-refractivity contribution in [2.75, 3.05) is 5.32 Å². The number of aromatic hydroxyl groups is 1. The summed E-state index contributed by atoms with van der Waals surface area (Å²) in [4.78, 5) is 3.91. The highest BCUT2D eigenvalue weighted by atomic mass is 32.2. The number of hydrogen-bond donors (Lipinski definition) is 3. The first kappa shape index (κ1) is 18.4. The number of para-hydroxylation sites is 1. The lowest BCUT2D eigenvalue weighted by atomic mass is 10.0. The van der Waals surface area contributed by atoms with Gasteiger partial charge in [0, 0.05) is 17.3 Å². The number of aromatic nitrogens is 1. The molecule has 7 nitrogen and oxygen atoms in total. The topological polar surface area (TPSA) is 123 Å². The lowest BCUT2D eigenvalue weighted by Crippen LogP contribution is -2.03. The quantitative estimate of drug-likeness (QED) is 0.466. The van der Waals surface area contributed by atoms with Crippen molar-refractivity contribution in [1.29, 1.82) is 5.26 Å². The Labute approximate surface area is 156 Å². The van der Waals surface area contributed by atoms with E-state index in [1.807, 2.05) is 6.07 Å². The second-order valence-corrected chi connectivity index (χ2v) is 7.24. The van der Waals surface area contributed by atoms with Crippen molar-refractivity contribution < 1.29 is 18.1 Å². The maximum atomic E-state index is 11.4. The molecule has 0 aliphatic heterocycles. The second kappa shape index (κ2) is 7.07. The van der Waals surface area contributed by atoms with E-state index in [9.17, 15) is 18.1 Å². The van der Waals surface area contributed by atoms with Gasteiger partial charge >= 0.3 is 0 Å². The predicted molar refractivity (Wildman–Crippen MR) is 100 cm³/mol. The number of rotatable bonds is 4. The molecule has 3 aromatic rings. The third-order valence-corrected chi connectivity index (χ3v) is 4.68. The van der Waals surface area contributed by atoms with Gasteiger partial charge in [0.05, 0.1) is 22.2 Å². The molecule has 8 heteroatoms. The monoisotopic (exact) mass is 381 g/mol. The van der Waals surface area contributed by atoms with Crippen LogP contribution in [0.2, 0.25) is 0 Å². The van der Waals surface area contributed by atoms with Gasteiger partial charge in [-0.2, -0.15) is 13.7 Å². The van der Waals surface area contributed by atoms with Crippen LogP contribution in [0.1, 0.15) is 11.3 Å². The van der Waals surface area contributed by atoms with Gasteiger partial charge in [-0.05, 0) is 36.8 Å². The van der Waals surface area contributed by atoms with Crippen LogP contribution in [-0.4, -0.2) is 23.1 Å². The Kier molecular flexibility index (Phi) is 4.81. The van der Waals surface area contributed by atoms with Crippen molar-refractivity contribution in [3.63, 3.8) is 0 Å². The maximum absolute atomic E-state index is 11.4. The Bertz CT molecular complexity index is 1150. The van der Waals surface area contributed by atoms with E-state index in [0.29, 0.717) is 22.5 Å². The zero-order valence-electron chi connectivity index (χ0n) is 14.2. The molecule has 136 valence electrons. The number of phenols is 1. The highest BCUT2D eigenvalue weighted by molar-refractivity contribution is 7.85. The summed E-state index contributed by atoms with van der Waals surface area (Å²) in [7, 11) is -4.39. The zero-order chi connectivity index (χ0) is 19.6. The fourth-order valence-electron chi connectivity index (χ4n) is 2.61. The molecule has 0 atom stereocenters. The number of phenolic OH excluding ortho intramolecular Hbond substituents is 1. The van der Waals surface area contributed by atoms with Crippen LogP contribution >= 0.6 is 0 Å². The molecule has 0 saturated carbocycles. The SMILES string of the molecule is Cc1cc(S(=O)(=O)O)cc(Nc2c(O)cccc2-c2ccc(C#N)cc2)n1. The Morgan fingerprint density at radius 2 is 1.81 bits per heavy atom. The lowest BCUT2D eigenvalue weighted by Gasteiger charge is -2.14. The van der Waals surface area contributed by atoms with Crippen molar-refractivity contribution in [2.45, 2.75) is 11.8 Å². The van der Waals surface area contributed by atoms with Gasteiger partial charge in [-0.1, -0.05) is 24.3 Å². The number of nitriles is 1. The average molecular weight is 381 g/mol. The Morgan fingerprint density at radius 3 is 2.44 bits per heavy atom. The highest BCUT2D eigenvalue weighted by Crippen LogP contribution is 2.37. The third-order valence-electron chi connectivity index (χ3n) is 3.85. The van der Waals surface area contributed by atoms with Crippen LogP contribution in [0.5, 0.6) is 5.75 Å². The van der Waals surface area contributed by atoms with Crippen molar-refractivity contribution >= 4 is 21.6 Å². The highest BCUT2D eigenvalue weighted by Gasteiger charge is 2.15. The van der Waals surface area contributed by atoms with Crippen LogP contribution in [-0.2, 0) is 10.1 Å². The Hall–Kier alpha value is -3.41. The normalized spacial score (nSPS) is 11.0. The minimum absolute atomic E-state index is 0.0615. The van der Waals surface area contributed by atoms with Crippen LogP contribution < -0.4 is 5.32 Å². The summed E-state index contributed by atoms with van der Waals surface area (Å²) in [6.07, 6.45) is 0. The van der Waals surface area contributed by atoms with Crippen LogP contribution in [0.3, 0.4) is 0 Å². The molecule has 0 spiro atoms. The molecule has 3 N–H and O–H groups in total. The first-order valence-electron chi connectivity index (χ1n) is 7.83. The number of aryl methyl sites for hydroxylation is 1. The lowest BCUT2D eigenvalue weighted by molar-refractivity contribution is 0.478. The largest absolute Gasteiger partial charge is 0.506 e. The summed E-state index contributed by atoms with van der Waals surface area (Å²) < 4.78 is 32.1. The van der Waals surface area contributed by atoms with E-state index in [4.69, 9.17) is 5.26 Å². The molecular formula is C19H15N3O4S. The number of pyridine rings is 1. The number of nitrogens with one attached hydrogen (secondary N) is 1. The third kappa shape index (κ3) is 4.06. The summed E-state index contributed by atoms with van der Waals surface area (Å²) in [5.41, 5.74) is 2.59. The van der Waals surface area contributed by atoms with E-state index in [-0.39, 0.29) is 16.5 Å². The summed E-state index contributed by atoms with van der Waals surface area (Å²) in [5, 5.41) is 22.2. The number of nitrogens with zero attached hydrogens (tertiary/aromatic N) is 2. The van der Waals surface area contributed by atoms with E-state index in [2.05, 4.69) is 10.3 Å². The van der Waals surface area contributed by atoms with Crippen molar-refractivity contribution in [3.8, 4) is 22.9 Å². The minimum atomic E-state index is -4.39. The summed E-state index contributed by atoms with van der Waals surface area (Å²) in [6.45, 7) is 1.59. The number of benzene rings is 2. The van der Waals surface area contributed by atoms with Crippen molar-refractivity contribution in [2.24, 2.45) is 0 Å². The predicted octanol–water partition coefficient (Wildman–Crippen LogP) is 3.62. The molecule has 0 amide bonds. The summed E-state index contributed by atoms with van der Waals surface area (Å²) in [5.74, 6) is 0.0904. The summed E-state index contributed by atoms with van der Waals surface area (Å²) in [6, 6.07) is 16.2. The smallest absolute Gasteiger partial charge is 0.294 e. The maximum Gasteiger partial charge on any atom is 0.294 e. The first-order chi connectivity index (χ1) is 12.8. The van der Waals surface area contributed by atoms with Gasteiger partial charge < -0.3 is 10.4 Å². The molecule has 27 heavy (non-hydrogen) atoms. The first-order valence-corrected chi connectivity index (χ1v) is 9.27. The van der Waals surface area contributed by atoms with Gasteiger partial charge in [-0.3, -0.25) is 4.55 Å². The van der Waals surface area contributed by atoms with Gasteiger partial charge in [0.15, 0.2) is 0 Å².